The molecule has 0 saturated carbocycles. The van der Waals surface area contributed by atoms with E-state index in [1.54, 1.807) is 0 Å². The van der Waals surface area contributed by atoms with Crippen molar-refractivity contribution in [3.63, 3.8) is 0 Å². The molecule has 0 fully saturated rings. The molecule has 0 aliphatic heterocycles. The highest BCUT2D eigenvalue weighted by atomic mass is 32.1. The molecule has 2 aromatic rings. The van der Waals surface area contributed by atoms with Gasteiger partial charge < -0.3 is 5.32 Å². The molecule has 0 amide bonds. The van der Waals surface area contributed by atoms with Gasteiger partial charge in [0.2, 0.25) is 5.13 Å². The Bertz CT molecular complexity index is 505. The maximum atomic E-state index is 4.55. The third-order valence-electron chi connectivity index (χ3n) is 3.06. The fourth-order valence-electron chi connectivity index (χ4n) is 1.96. The van der Waals surface area contributed by atoms with Gasteiger partial charge >= 0.3 is 0 Å². The Morgan fingerprint density at radius 2 is 1.74 bits per heavy atom. The Balaban J connectivity index is 2.17. The van der Waals surface area contributed by atoms with Gasteiger partial charge in [-0.15, -0.1) is 0 Å². The van der Waals surface area contributed by atoms with Gasteiger partial charge in [-0.05, 0) is 11.5 Å². The molecule has 0 radical (unpaired) electrons. The molecule has 1 N–H and O–H groups in total. The van der Waals surface area contributed by atoms with Gasteiger partial charge in [0.05, 0.1) is 6.04 Å². The Hall–Kier alpha value is -1.42. The zero-order valence-corrected chi connectivity index (χ0v) is 12.7. The van der Waals surface area contributed by atoms with Gasteiger partial charge in [-0.1, -0.05) is 58.0 Å². The quantitative estimate of drug-likeness (QED) is 0.874. The Labute approximate surface area is 119 Å². The van der Waals surface area contributed by atoms with E-state index >= 15 is 0 Å². The third-order valence-corrected chi connectivity index (χ3v) is 3.72. The third kappa shape index (κ3) is 3.53. The molecule has 1 atom stereocenters. The van der Waals surface area contributed by atoms with Crippen LogP contribution in [-0.4, -0.2) is 9.36 Å². The van der Waals surface area contributed by atoms with Crippen LogP contribution in [0.5, 0.6) is 0 Å². The number of nitrogens with one attached hydrogen (secondary N) is 1. The topological polar surface area (TPSA) is 37.8 Å². The lowest BCUT2D eigenvalue weighted by Gasteiger charge is -2.22. The van der Waals surface area contributed by atoms with E-state index in [4.69, 9.17) is 0 Å². The van der Waals surface area contributed by atoms with Crippen molar-refractivity contribution in [2.75, 3.05) is 5.32 Å². The van der Waals surface area contributed by atoms with E-state index < -0.39 is 0 Å². The Kier molecular flexibility index (Phi) is 4.53. The van der Waals surface area contributed by atoms with Crippen molar-refractivity contribution in [1.29, 1.82) is 0 Å². The fourth-order valence-corrected chi connectivity index (χ4v) is 2.70. The average Bonchev–Trinajstić information content (AvgIpc) is 2.85. The molecule has 1 aromatic heterocycles. The highest BCUT2D eigenvalue weighted by molar-refractivity contribution is 7.09. The Morgan fingerprint density at radius 1 is 1.05 bits per heavy atom. The summed E-state index contributed by atoms with van der Waals surface area (Å²) >= 11 is 1.45. The van der Waals surface area contributed by atoms with E-state index in [0.717, 1.165) is 11.0 Å². The van der Waals surface area contributed by atoms with Gasteiger partial charge in [-0.3, -0.25) is 0 Å². The second kappa shape index (κ2) is 6.15. The molecular formula is C15H21N3S. The zero-order valence-electron chi connectivity index (χ0n) is 11.9. The lowest BCUT2D eigenvalue weighted by Crippen LogP contribution is -2.16. The van der Waals surface area contributed by atoms with Crippen LogP contribution < -0.4 is 5.32 Å². The summed E-state index contributed by atoms with van der Waals surface area (Å²) < 4.78 is 4.39. The standard InChI is InChI=1S/C15H21N3S/c1-10(2)13(12-8-6-5-7-9-12)16-15-17-14(11(3)4)18-19-15/h5-11,13H,1-4H3,(H,16,17,18). The molecular weight excluding hydrogens is 254 g/mol. The number of benzene rings is 1. The molecule has 102 valence electrons. The van der Waals surface area contributed by atoms with E-state index in [9.17, 15) is 0 Å². The van der Waals surface area contributed by atoms with Crippen LogP contribution in [0.3, 0.4) is 0 Å². The van der Waals surface area contributed by atoms with Gasteiger partial charge in [0.1, 0.15) is 5.82 Å². The van der Waals surface area contributed by atoms with Crippen LogP contribution in [0.25, 0.3) is 0 Å². The number of rotatable bonds is 5. The van der Waals surface area contributed by atoms with Crippen LogP contribution in [-0.2, 0) is 0 Å². The summed E-state index contributed by atoms with van der Waals surface area (Å²) in [7, 11) is 0. The molecule has 4 heteroatoms. The van der Waals surface area contributed by atoms with Crippen LogP contribution in [0.4, 0.5) is 5.13 Å². The van der Waals surface area contributed by atoms with Gasteiger partial charge in [0.15, 0.2) is 0 Å². The van der Waals surface area contributed by atoms with Crippen molar-refractivity contribution >= 4 is 16.7 Å². The lowest BCUT2D eigenvalue weighted by molar-refractivity contribution is 0.546. The second-order valence-electron chi connectivity index (χ2n) is 5.39. The van der Waals surface area contributed by atoms with Crippen LogP contribution in [0.15, 0.2) is 30.3 Å². The SMILES string of the molecule is CC(C)c1nsc(NC(c2ccccc2)C(C)C)n1. The predicted octanol–water partition coefficient (Wildman–Crippen LogP) is 4.47. The highest BCUT2D eigenvalue weighted by Gasteiger charge is 2.17. The first-order chi connectivity index (χ1) is 9.08. The molecule has 19 heavy (non-hydrogen) atoms. The smallest absolute Gasteiger partial charge is 0.203 e. The van der Waals surface area contributed by atoms with Gasteiger partial charge in [0, 0.05) is 17.5 Å². The first-order valence-electron chi connectivity index (χ1n) is 6.73. The maximum absolute atomic E-state index is 4.55. The summed E-state index contributed by atoms with van der Waals surface area (Å²) in [6.45, 7) is 8.66. The van der Waals surface area contributed by atoms with Crippen molar-refractivity contribution < 1.29 is 0 Å². The molecule has 1 unspecified atom stereocenters. The Morgan fingerprint density at radius 3 is 2.26 bits per heavy atom. The van der Waals surface area contributed by atoms with E-state index in [1.165, 1.54) is 17.1 Å². The van der Waals surface area contributed by atoms with Crippen molar-refractivity contribution in [1.82, 2.24) is 9.36 Å². The summed E-state index contributed by atoms with van der Waals surface area (Å²) in [5, 5.41) is 4.42. The average molecular weight is 275 g/mol. The minimum absolute atomic E-state index is 0.272. The summed E-state index contributed by atoms with van der Waals surface area (Å²) in [5.74, 6) is 1.79. The molecule has 0 bridgehead atoms. The van der Waals surface area contributed by atoms with Crippen molar-refractivity contribution in [3.8, 4) is 0 Å². The number of anilines is 1. The number of hydrogen-bond donors (Lipinski definition) is 1. The van der Waals surface area contributed by atoms with E-state index in [0.29, 0.717) is 11.8 Å². The van der Waals surface area contributed by atoms with E-state index in [1.807, 2.05) is 6.07 Å². The normalized spacial score (nSPS) is 12.9. The number of hydrogen-bond acceptors (Lipinski definition) is 4. The molecule has 0 aliphatic rings. The molecule has 0 spiro atoms. The molecule has 1 aromatic carbocycles. The highest BCUT2D eigenvalue weighted by Crippen LogP contribution is 2.28. The molecule has 0 saturated heterocycles. The predicted molar refractivity (Wildman–Crippen MR) is 81.6 cm³/mol. The monoisotopic (exact) mass is 275 g/mol. The first kappa shape index (κ1) is 14.0. The molecule has 3 nitrogen and oxygen atoms in total. The first-order valence-corrected chi connectivity index (χ1v) is 7.50. The summed E-state index contributed by atoms with van der Waals surface area (Å²) in [6, 6.07) is 10.8. The van der Waals surface area contributed by atoms with Crippen molar-refractivity contribution in [2.24, 2.45) is 5.92 Å². The second-order valence-corrected chi connectivity index (χ2v) is 6.14. The van der Waals surface area contributed by atoms with Crippen molar-refractivity contribution in [2.45, 2.75) is 39.7 Å². The minimum atomic E-state index is 0.272. The van der Waals surface area contributed by atoms with Crippen LogP contribution >= 0.6 is 11.5 Å². The fraction of sp³-hybridized carbons (Fsp3) is 0.467. The van der Waals surface area contributed by atoms with Gasteiger partial charge in [0.25, 0.3) is 0 Å². The lowest BCUT2D eigenvalue weighted by atomic mass is 9.96. The van der Waals surface area contributed by atoms with Gasteiger partial charge in [-0.25, -0.2) is 4.98 Å². The summed E-state index contributed by atoms with van der Waals surface area (Å²) in [4.78, 5) is 4.55. The number of aromatic nitrogens is 2. The van der Waals surface area contributed by atoms with E-state index in [2.05, 4.69) is 66.6 Å². The zero-order chi connectivity index (χ0) is 13.8. The minimum Gasteiger partial charge on any atom is -0.353 e. The van der Waals surface area contributed by atoms with Crippen LogP contribution in [0, 0.1) is 5.92 Å². The van der Waals surface area contributed by atoms with E-state index in [-0.39, 0.29) is 6.04 Å². The molecule has 0 aliphatic carbocycles. The maximum Gasteiger partial charge on any atom is 0.203 e. The summed E-state index contributed by atoms with van der Waals surface area (Å²) in [6.07, 6.45) is 0. The van der Waals surface area contributed by atoms with Crippen LogP contribution in [0.1, 0.15) is 51.0 Å². The number of nitrogens with zero attached hydrogens (tertiary/aromatic N) is 2. The summed E-state index contributed by atoms with van der Waals surface area (Å²) in [5.41, 5.74) is 1.29. The van der Waals surface area contributed by atoms with Crippen LogP contribution in [0.2, 0.25) is 0 Å². The van der Waals surface area contributed by atoms with Gasteiger partial charge in [-0.2, -0.15) is 4.37 Å². The van der Waals surface area contributed by atoms with Crippen molar-refractivity contribution in [3.05, 3.63) is 41.7 Å². The largest absolute Gasteiger partial charge is 0.353 e. The molecule has 2 rings (SSSR count). The molecule has 1 heterocycles.